The van der Waals surface area contributed by atoms with Gasteiger partial charge in [-0.3, -0.25) is 4.90 Å². The molecular formula is C21H23NO5. The molecule has 142 valence electrons. The molecule has 2 aliphatic heterocycles. The Labute approximate surface area is 158 Å². The van der Waals surface area contributed by atoms with E-state index >= 15 is 0 Å². The van der Waals surface area contributed by atoms with Gasteiger partial charge in [0.15, 0.2) is 17.3 Å². The number of esters is 1. The van der Waals surface area contributed by atoms with E-state index < -0.39 is 17.0 Å². The van der Waals surface area contributed by atoms with Crippen molar-refractivity contribution in [1.29, 1.82) is 0 Å². The molecule has 0 aromatic heterocycles. The van der Waals surface area contributed by atoms with E-state index in [1.165, 1.54) is 18.2 Å². The minimum Gasteiger partial charge on any atom is -0.496 e. The summed E-state index contributed by atoms with van der Waals surface area (Å²) in [5.74, 6) is 1.32. The van der Waals surface area contributed by atoms with Gasteiger partial charge in [-0.05, 0) is 49.7 Å². The van der Waals surface area contributed by atoms with Crippen molar-refractivity contribution < 1.29 is 23.7 Å². The van der Waals surface area contributed by atoms with Crippen LogP contribution in [0.3, 0.4) is 0 Å². The van der Waals surface area contributed by atoms with Crippen LogP contribution in [0.15, 0.2) is 35.6 Å². The Hall–Kier alpha value is -2.47. The number of ether oxygens (including phenoxy) is 4. The molecule has 2 heterocycles. The number of methoxy groups -OCH3 is 3. The summed E-state index contributed by atoms with van der Waals surface area (Å²) in [5, 5.41) is 0. The monoisotopic (exact) mass is 369 g/mol. The highest BCUT2D eigenvalue weighted by atomic mass is 16.6. The maximum Gasteiger partial charge on any atom is 0.359 e. The molecule has 0 unspecified atom stereocenters. The fraction of sp³-hybridized carbons (Fsp3) is 0.476. The number of hydrogen-bond acceptors (Lipinski definition) is 6. The van der Waals surface area contributed by atoms with E-state index in [0.717, 1.165) is 24.9 Å². The average molecular weight is 369 g/mol. The Morgan fingerprint density at radius 3 is 2.74 bits per heavy atom. The van der Waals surface area contributed by atoms with Crippen molar-refractivity contribution in [2.75, 3.05) is 34.9 Å². The van der Waals surface area contributed by atoms with E-state index in [1.807, 2.05) is 12.1 Å². The van der Waals surface area contributed by atoms with Crippen LogP contribution in [0.1, 0.15) is 17.5 Å². The van der Waals surface area contributed by atoms with E-state index in [2.05, 4.69) is 24.1 Å². The summed E-state index contributed by atoms with van der Waals surface area (Å²) in [5.41, 5.74) is 1.47. The van der Waals surface area contributed by atoms with Crippen LogP contribution in [0.5, 0.6) is 11.5 Å². The van der Waals surface area contributed by atoms with E-state index in [-0.39, 0.29) is 6.04 Å². The van der Waals surface area contributed by atoms with Crippen molar-refractivity contribution in [2.45, 2.75) is 29.9 Å². The number of nitrogens with zero attached hydrogens (tertiary/aromatic N) is 1. The van der Waals surface area contributed by atoms with Gasteiger partial charge in [0.25, 0.3) is 5.60 Å². The summed E-state index contributed by atoms with van der Waals surface area (Å²) < 4.78 is 23.1. The molecule has 6 nitrogen and oxygen atoms in total. The van der Waals surface area contributed by atoms with Gasteiger partial charge in [0.05, 0.1) is 26.7 Å². The zero-order valence-corrected chi connectivity index (χ0v) is 16.0. The molecule has 0 saturated carbocycles. The summed E-state index contributed by atoms with van der Waals surface area (Å²) in [6.07, 6.45) is 5.60. The molecule has 2 aliphatic carbocycles. The lowest BCUT2D eigenvalue weighted by atomic mass is 9.52. The standard InChI is InChI=1S/C21H23NO5/c1-22-10-9-20-13-6-8-16(25-3)21(20,19(23)26-4)27-18-15(24-2)7-5-12(17(18)20)11-14(13)22/h5-8,14H,9-11H2,1-4H3/t14-,20-,21-/m0/s1. The maximum absolute atomic E-state index is 13.3. The first kappa shape index (κ1) is 16.7. The molecule has 27 heavy (non-hydrogen) atoms. The largest absolute Gasteiger partial charge is 0.496 e. The quantitative estimate of drug-likeness (QED) is 0.760. The van der Waals surface area contributed by atoms with Crippen LogP contribution in [0, 0.1) is 0 Å². The SMILES string of the molecule is COC(=O)[C@]12Oc3c(OC)ccc4c3[C@@]13CCN(C)[C@@H](C4)C3=CC=C2OC. The van der Waals surface area contributed by atoms with Gasteiger partial charge in [0, 0.05) is 11.6 Å². The molecule has 0 radical (unpaired) electrons. The van der Waals surface area contributed by atoms with Gasteiger partial charge in [-0.15, -0.1) is 0 Å². The summed E-state index contributed by atoms with van der Waals surface area (Å²) in [6, 6.07) is 4.24. The number of likely N-dealkylation sites (N-methyl/N-ethyl adjacent to an activating group) is 1. The summed E-state index contributed by atoms with van der Waals surface area (Å²) in [7, 11) is 6.74. The molecule has 0 N–H and O–H groups in total. The molecule has 1 saturated heterocycles. The van der Waals surface area contributed by atoms with Gasteiger partial charge < -0.3 is 18.9 Å². The zero-order valence-electron chi connectivity index (χ0n) is 16.0. The van der Waals surface area contributed by atoms with E-state index in [1.54, 1.807) is 14.2 Å². The lowest BCUT2D eigenvalue weighted by Gasteiger charge is -2.55. The lowest BCUT2D eigenvalue weighted by molar-refractivity contribution is -0.164. The topological polar surface area (TPSA) is 57.2 Å². The molecule has 1 aromatic rings. The van der Waals surface area contributed by atoms with Gasteiger partial charge in [0.1, 0.15) is 0 Å². The third-order valence-electron chi connectivity index (χ3n) is 6.80. The fourth-order valence-corrected chi connectivity index (χ4v) is 5.68. The molecule has 1 fully saturated rings. The Morgan fingerprint density at radius 1 is 1.22 bits per heavy atom. The van der Waals surface area contributed by atoms with Gasteiger partial charge in [-0.1, -0.05) is 12.1 Å². The first-order valence-electron chi connectivity index (χ1n) is 9.20. The second kappa shape index (κ2) is 5.29. The van der Waals surface area contributed by atoms with Crippen molar-refractivity contribution in [3.63, 3.8) is 0 Å². The fourth-order valence-electron chi connectivity index (χ4n) is 5.68. The van der Waals surface area contributed by atoms with Crippen LogP contribution in [0.2, 0.25) is 0 Å². The Morgan fingerprint density at radius 2 is 2.04 bits per heavy atom. The van der Waals surface area contributed by atoms with Gasteiger partial charge in [0.2, 0.25) is 0 Å². The number of allylic oxidation sites excluding steroid dienone is 2. The van der Waals surface area contributed by atoms with E-state index in [0.29, 0.717) is 17.3 Å². The average Bonchev–Trinajstić information content (AvgIpc) is 3.01. The molecule has 5 rings (SSSR count). The predicted molar refractivity (Wildman–Crippen MR) is 98.0 cm³/mol. The second-order valence-electron chi connectivity index (χ2n) is 7.62. The zero-order chi connectivity index (χ0) is 19.0. The molecule has 4 aliphatic rings. The van der Waals surface area contributed by atoms with Crippen molar-refractivity contribution >= 4 is 5.97 Å². The van der Waals surface area contributed by atoms with Crippen LogP contribution in [-0.4, -0.2) is 57.4 Å². The van der Waals surface area contributed by atoms with Crippen molar-refractivity contribution in [2.24, 2.45) is 0 Å². The molecule has 2 bridgehead atoms. The highest BCUT2D eigenvalue weighted by molar-refractivity contribution is 5.92. The van der Waals surface area contributed by atoms with Crippen LogP contribution in [-0.2, 0) is 26.1 Å². The Kier molecular flexibility index (Phi) is 3.27. The van der Waals surface area contributed by atoms with Crippen molar-refractivity contribution in [3.05, 3.63) is 46.7 Å². The first-order chi connectivity index (χ1) is 13.0. The molecule has 6 heteroatoms. The normalized spacial score (nSPS) is 32.7. The molecular weight excluding hydrogens is 346 g/mol. The van der Waals surface area contributed by atoms with Gasteiger partial charge in [-0.2, -0.15) is 0 Å². The number of hydrogen-bond donors (Lipinski definition) is 0. The van der Waals surface area contributed by atoms with E-state index in [9.17, 15) is 4.79 Å². The summed E-state index contributed by atoms with van der Waals surface area (Å²) in [4.78, 5) is 15.7. The van der Waals surface area contributed by atoms with Crippen LogP contribution in [0.4, 0.5) is 0 Å². The Balaban J connectivity index is 1.92. The minimum absolute atomic E-state index is 0.216. The summed E-state index contributed by atoms with van der Waals surface area (Å²) >= 11 is 0. The molecule has 1 aromatic carbocycles. The maximum atomic E-state index is 13.3. The number of benzene rings is 1. The van der Waals surface area contributed by atoms with E-state index in [4.69, 9.17) is 18.9 Å². The second-order valence-corrected chi connectivity index (χ2v) is 7.62. The number of carbonyl (C=O) groups excluding carboxylic acids is 1. The highest BCUT2D eigenvalue weighted by Gasteiger charge is 2.74. The van der Waals surface area contributed by atoms with Crippen molar-refractivity contribution in [3.8, 4) is 11.5 Å². The number of carbonyl (C=O) groups is 1. The molecule has 3 atom stereocenters. The van der Waals surface area contributed by atoms with Crippen molar-refractivity contribution in [1.82, 2.24) is 4.90 Å². The smallest absolute Gasteiger partial charge is 0.359 e. The molecule has 1 spiro atoms. The minimum atomic E-state index is -1.35. The third-order valence-corrected chi connectivity index (χ3v) is 6.80. The van der Waals surface area contributed by atoms with Crippen LogP contribution < -0.4 is 9.47 Å². The summed E-state index contributed by atoms with van der Waals surface area (Å²) in [6.45, 7) is 0.858. The number of likely N-dealkylation sites (tertiary alicyclic amines) is 1. The van der Waals surface area contributed by atoms with Crippen LogP contribution in [0.25, 0.3) is 0 Å². The molecule has 0 amide bonds. The number of piperidine rings is 1. The van der Waals surface area contributed by atoms with Crippen LogP contribution >= 0.6 is 0 Å². The lowest BCUT2D eigenvalue weighted by Crippen LogP contribution is -2.67. The van der Waals surface area contributed by atoms with Gasteiger partial charge in [-0.25, -0.2) is 4.79 Å². The predicted octanol–water partition coefficient (Wildman–Crippen LogP) is 1.97. The highest BCUT2D eigenvalue weighted by Crippen LogP contribution is 2.67. The Bertz CT molecular complexity index is 919. The number of rotatable bonds is 3. The first-order valence-corrected chi connectivity index (χ1v) is 9.20. The van der Waals surface area contributed by atoms with Gasteiger partial charge >= 0.3 is 5.97 Å². The third kappa shape index (κ3) is 1.64.